The normalized spacial score (nSPS) is 13.6. The number of halogens is 1. The highest BCUT2D eigenvalue weighted by atomic mass is 35.5. The highest BCUT2D eigenvalue weighted by Gasteiger charge is 2.26. The third kappa shape index (κ3) is 2.55. The molecule has 1 heterocycles. The minimum atomic E-state index is -0.138. The summed E-state index contributed by atoms with van der Waals surface area (Å²) in [5.41, 5.74) is 10.8. The number of aromatic hydroxyl groups is 1. The van der Waals surface area contributed by atoms with Crippen molar-refractivity contribution in [2.45, 2.75) is 33.1 Å². The van der Waals surface area contributed by atoms with Gasteiger partial charge in [0.2, 0.25) is 0 Å². The van der Waals surface area contributed by atoms with Crippen LogP contribution in [0.5, 0.6) is 5.75 Å². The summed E-state index contributed by atoms with van der Waals surface area (Å²) < 4.78 is 0. The Morgan fingerprint density at radius 1 is 1.05 bits per heavy atom. The van der Waals surface area contributed by atoms with Gasteiger partial charge in [-0.05, 0) is 42.2 Å². The number of aryl methyl sites for hydroxylation is 1. The second-order valence-electron chi connectivity index (χ2n) is 6.68. The molecule has 0 bridgehead atoms. The molecule has 1 aliphatic heterocycles. The number of nitrogens with zero attached hydrogens (tertiary/aromatic N) is 1. The van der Waals surface area contributed by atoms with E-state index in [4.69, 9.17) is 11.6 Å². The van der Waals surface area contributed by atoms with Gasteiger partial charge < -0.3 is 5.11 Å². The number of phenolic OH excluding ortho intramolecular Hbond substituents is 1. The number of nitrogens with one attached hydrogen (secondary N) is 2. The third-order valence-corrected chi connectivity index (χ3v) is 3.96. The van der Waals surface area contributed by atoms with Crippen LogP contribution in [-0.4, -0.2) is 5.11 Å². The number of fused-ring (bicyclic) bond motifs is 1. The number of rotatable bonds is 1. The maximum Gasteiger partial charge on any atom is 0.146 e. The molecule has 3 N–H and O–H groups in total. The van der Waals surface area contributed by atoms with Crippen molar-refractivity contribution in [3.05, 3.63) is 46.5 Å². The van der Waals surface area contributed by atoms with Crippen molar-refractivity contribution in [2.75, 3.05) is 16.0 Å². The maximum absolute atomic E-state index is 10.7. The first-order valence-corrected chi connectivity index (χ1v) is 7.60. The minimum absolute atomic E-state index is 0.138. The lowest BCUT2D eigenvalue weighted by Gasteiger charge is -2.26. The fourth-order valence-electron chi connectivity index (χ4n) is 2.60. The van der Waals surface area contributed by atoms with Crippen LogP contribution in [0.2, 0.25) is 5.02 Å². The molecule has 1 aliphatic rings. The van der Waals surface area contributed by atoms with Crippen molar-refractivity contribution < 1.29 is 5.11 Å². The van der Waals surface area contributed by atoms with Gasteiger partial charge in [-0.25, -0.2) is 0 Å². The van der Waals surface area contributed by atoms with Crippen LogP contribution in [-0.2, 0) is 5.41 Å². The van der Waals surface area contributed by atoms with Gasteiger partial charge in [-0.3, -0.25) is 10.9 Å². The summed E-state index contributed by atoms with van der Waals surface area (Å²) in [5.74, 6) is 0.275. The van der Waals surface area contributed by atoms with Crippen LogP contribution >= 0.6 is 11.6 Å². The molecule has 116 valence electrons. The van der Waals surface area contributed by atoms with Gasteiger partial charge in [0.15, 0.2) is 0 Å². The quantitative estimate of drug-likeness (QED) is 0.705. The Hall–Kier alpha value is -2.07. The second kappa shape index (κ2) is 4.99. The molecule has 0 atom stereocenters. The first kappa shape index (κ1) is 14.9. The van der Waals surface area contributed by atoms with Gasteiger partial charge >= 0.3 is 0 Å². The monoisotopic (exact) mass is 317 g/mol. The first-order chi connectivity index (χ1) is 10.3. The SMILES string of the molecule is Cc1cc(N2Nc3ccc(Cl)cc3N2)c(O)c(C(C)(C)C)c1. The molecule has 0 saturated carbocycles. The maximum atomic E-state index is 10.7. The van der Waals surface area contributed by atoms with E-state index in [1.165, 1.54) is 0 Å². The molecule has 0 saturated heterocycles. The lowest BCUT2D eigenvalue weighted by Crippen LogP contribution is -2.30. The Kier molecular flexibility index (Phi) is 3.37. The van der Waals surface area contributed by atoms with Gasteiger partial charge in [0, 0.05) is 10.6 Å². The number of anilines is 3. The van der Waals surface area contributed by atoms with Crippen molar-refractivity contribution in [3.8, 4) is 5.75 Å². The van der Waals surface area contributed by atoms with Crippen LogP contribution in [0.4, 0.5) is 17.1 Å². The molecule has 0 unspecified atom stereocenters. The van der Waals surface area contributed by atoms with Crippen LogP contribution in [0.1, 0.15) is 31.9 Å². The predicted molar refractivity (Wildman–Crippen MR) is 92.7 cm³/mol. The number of phenols is 1. The van der Waals surface area contributed by atoms with Gasteiger partial charge in [-0.15, -0.1) is 0 Å². The molecule has 4 nitrogen and oxygen atoms in total. The summed E-state index contributed by atoms with van der Waals surface area (Å²) in [6.45, 7) is 8.29. The van der Waals surface area contributed by atoms with E-state index in [0.29, 0.717) is 10.7 Å². The van der Waals surface area contributed by atoms with Gasteiger partial charge in [0.05, 0.1) is 11.4 Å². The fraction of sp³-hybridized carbons (Fsp3) is 0.294. The minimum Gasteiger partial charge on any atom is -0.505 e. The fourth-order valence-corrected chi connectivity index (χ4v) is 2.77. The lowest BCUT2D eigenvalue weighted by atomic mass is 9.85. The van der Waals surface area contributed by atoms with Crippen molar-refractivity contribution in [1.82, 2.24) is 0 Å². The summed E-state index contributed by atoms with van der Waals surface area (Å²) in [7, 11) is 0. The number of hydrogen-bond donors (Lipinski definition) is 3. The van der Waals surface area contributed by atoms with Crippen LogP contribution in [0, 0.1) is 6.92 Å². The molecule has 0 fully saturated rings. The Labute approximate surface area is 135 Å². The summed E-state index contributed by atoms with van der Waals surface area (Å²) in [6, 6.07) is 9.55. The average molecular weight is 318 g/mol. The van der Waals surface area contributed by atoms with Crippen LogP contribution < -0.4 is 16.0 Å². The largest absolute Gasteiger partial charge is 0.505 e. The van der Waals surface area contributed by atoms with E-state index in [1.807, 2.05) is 37.3 Å². The van der Waals surface area contributed by atoms with E-state index < -0.39 is 0 Å². The molecule has 3 rings (SSSR count). The van der Waals surface area contributed by atoms with E-state index in [0.717, 1.165) is 22.5 Å². The summed E-state index contributed by atoms with van der Waals surface area (Å²) in [6.07, 6.45) is 0. The van der Waals surface area contributed by atoms with Gasteiger partial charge in [0.1, 0.15) is 11.4 Å². The lowest BCUT2D eigenvalue weighted by molar-refractivity contribution is 0.447. The standard InChI is InChI=1S/C17H20ClN3O/c1-10-7-12(17(2,3)4)16(22)15(8-10)21-19-13-6-5-11(18)9-14(13)20-21/h5-9,19-20,22H,1-4H3. The smallest absolute Gasteiger partial charge is 0.146 e. The molecule has 2 aromatic carbocycles. The highest BCUT2D eigenvalue weighted by Crippen LogP contribution is 2.41. The molecular weight excluding hydrogens is 298 g/mol. The van der Waals surface area contributed by atoms with E-state index >= 15 is 0 Å². The zero-order chi connectivity index (χ0) is 16.1. The topological polar surface area (TPSA) is 47.5 Å². The van der Waals surface area contributed by atoms with Crippen molar-refractivity contribution >= 4 is 28.7 Å². The average Bonchev–Trinajstić information content (AvgIpc) is 2.82. The summed E-state index contributed by atoms with van der Waals surface area (Å²) >= 11 is 6.02. The predicted octanol–water partition coefficient (Wildman–Crippen LogP) is 4.83. The second-order valence-corrected chi connectivity index (χ2v) is 7.12. The molecule has 2 aromatic rings. The third-order valence-electron chi connectivity index (χ3n) is 3.73. The summed E-state index contributed by atoms with van der Waals surface area (Å²) in [4.78, 5) is 0. The molecular formula is C17H20ClN3O. The molecule has 0 amide bonds. The van der Waals surface area contributed by atoms with E-state index in [2.05, 4.69) is 31.6 Å². The molecule has 22 heavy (non-hydrogen) atoms. The van der Waals surface area contributed by atoms with E-state index in [-0.39, 0.29) is 11.2 Å². The van der Waals surface area contributed by atoms with Gasteiger partial charge in [-0.2, -0.15) is 5.12 Å². The Bertz CT molecular complexity index is 737. The van der Waals surface area contributed by atoms with Gasteiger partial charge in [0.25, 0.3) is 0 Å². The van der Waals surface area contributed by atoms with Gasteiger partial charge in [-0.1, -0.05) is 38.4 Å². The first-order valence-electron chi connectivity index (χ1n) is 7.23. The molecule has 0 spiro atoms. The van der Waals surface area contributed by atoms with Crippen molar-refractivity contribution in [3.63, 3.8) is 0 Å². The van der Waals surface area contributed by atoms with E-state index in [1.54, 1.807) is 5.12 Å². The molecule has 0 radical (unpaired) electrons. The number of hydrogen-bond acceptors (Lipinski definition) is 4. The van der Waals surface area contributed by atoms with Crippen molar-refractivity contribution in [2.24, 2.45) is 0 Å². The van der Waals surface area contributed by atoms with Crippen LogP contribution in [0.3, 0.4) is 0 Å². The molecule has 5 heteroatoms. The van der Waals surface area contributed by atoms with Crippen LogP contribution in [0.25, 0.3) is 0 Å². The van der Waals surface area contributed by atoms with Crippen molar-refractivity contribution in [1.29, 1.82) is 0 Å². The van der Waals surface area contributed by atoms with E-state index in [9.17, 15) is 5.11 Å². The number of hydrazine groups is 2. The zero-order valence-corrected chi connectivity index (χ0v) is 13.9. The Morgan fingerprint density at radius 2 is 1.73 bits per heavy atom. The number of benzene rings is 2. The molecule has 0 aromatic heterocycles. The molecule has 0 aliphatic carbocycles. The summed E-state index contributed by atoms with van der Waals surface area (Å²) in [5, 5.41) is 13.1. The van der Waals surface area contributed by atoms with Crippen LogP contribution in [0.15, 0.2) is 30.3 Å². The Balaban J connectivity index is 2.02. The highest BCUT2D eigenvalue weighted by molar-refractivity contribution is 6.31. The Morgan fingerprint density at radius 3 is 2.41 bits per heavy atom. The zero-order valence-electron chi connectivity index (χ0n) is 13.2.